The maximum absolute atomic E-state index is 12.2. The van der Waals surface area contributed by atoms with E-state index < -0.39 is 10.0 Å². The average molecular weight is 417 g/mol. The van der Waals surface area contributed by atoms with Crippen LogP contribution in [0.3, 0.4) is 0 Å². The molecule has 3 N–H and O–H groups in total. The zero-order chi connectivity index (χ0) is 20.7. The van der Waals surface area contributed by atoms with Crippen LogP contribution in [-0.4, -0.2) is 40.6 Å². The summed E-state index contributed by atoms with van der Waals surface area (Å²) < 4.78 is 32.8. The number of nitrogens with one attached hydrogen (secondary N) is 3. The minimum Gasteiger partial charge on any atom is -0.492 e. The first-order chi connectivity index (χ1) is 14.0. The number of sulfonamides is 1. The molecule has 0 atom stereocenters. The Morgan fingerprint density at radius 2 is 1.76 bits per heavy atom. The van der Waals surface area contributed by atoms with Gasteiger partial charge >= 0.3 is 0 Å². The highest BCUT2D eigenvalue weighted by Crippen LogP contribution is 2.22. The summed E-state index contributed by atoms with van der Waals surface area (Å²) in [6, 6.07) is 14.9. The van der Waals surface area contributed by atoms with Crippen molar-refractivity contribution in [3.8, 4) is 5.75 Å². The first kappa shape index (κ1) is 21.1. The topological polar surface area (TPSA) is 91.8 Å². The van der Waals surface area contributed by atoms with Gasteiger partial charge in [-0.1, -0.05) is 29.8 Å². The number of aliphatic imine (C=N–C) groups is 1. The number of ether oxygens (including phenoxy) is 1. The standard InChI is InChI=1S/C21H28N4O3S/c1-16-3-9-19(10-4-16)28-14-13-23-21(22-2)24-15-17-5-11-20(12-6-17)29(26,27)25-18-7-8-18/h3-6,9-12,18,25H,7-8,13-15H2,1-2H3,(H2,22,23,24). The summed E-state index contributed by atoms with van der Waals surface area (Å²) in [6.07, 6.45) is 1.84. The Bertz CT molecular complexity index is 921. The molecule has 0 bridgehead atoms. The molecule has 1 fully saturated rings. The molecule has 29 heavy (non-hydrogen) atoms. The molecule has 1 saturated carbocycles. The first-order valence-corrected chi connectivity index (χ1v) is 11.2. The molecule has 0 saturated heterocycles. The highest BCUT2D eigenvalue weighted by molar-refractivity contribution is 7.89. The predicted octanol–water partition coefficient (Wildman–Crippen LogP) is 2.18. The van der Waals surface area contributed by atoms with Gasteiger partial charge in [0.25, 0.3) is 0 Å². The lowest BCUT2D eigenvalue weighted by Gasteiger charge is -2.13. The number of aryl methyl sites for hydroxylation is 1. The zero-order valence-corrected chi connectivity index (χ0v) is 17.6. The molecule has 2 aromatic rings. The van der Waals surface area contributed by atoms with Gasteiger partial charge in [0.15, 0.2) is 5.96 Å². The Balaban J connectivity index is 1.41. The van der Waals surface area contributed by atoms with Gasteiger partial charge in [-0.2, -0.15) is 0 Å². The minimum absolute atomic E-state index is 0.103. The Morgan fingerprint density at radius 1 is 1.07 bits per heavy atom. The maximum Gasteiger partial charge on any atom is 0.240 e. The number of hydrogen-bond donors (Lipinski definition) is 3. The number of nitrogens with zero attached hydrogens (tertiary/aromatic N) is 1. The third-order valence-electron chi connectivity index (χ3n) is 4.50. The molecule has 2 aromatic carbocycles. The van der Waals surface area contributed by atoms with E-state index in [1.54, 1.807) is 19.2 Å². The van der Waals surface area contributed by atoms with Crippen molar-refractivity contribution in [3.63, 3.8) is 0 Å². The average Bonchev–Trinajstić information content (AvgIpc) is 3.52. The molecular weight excluding hydrogens is 388 g/mol. The Morgan fingerprint density at radius 3 is 2.38 bits per heavy atom. The van der Waals surface area contributed by atoms with Gasteiger partial charge < -0.3 is 15.4 Å². The zero-order valence-electron chi connectivity index (χ0n) is 16.8. The maximum atomic E-state index is 12.2. The highest BCUT2D eigenvalue weighted by atomic mass is 32.2. The van der Waals surface area contributed by atoms with Crippen LogP contribution in [0.2, 0.25) is 0 Å². The first-order valence-electron chi connectivity index (χ1n) is 9.71. The second kappa shape index (κ2) is 9.76. The summed E-state index contributed by atoms with van der Waals surface area (Å²) in [5.74, 6) is 1.50. The Kier molecular flexibility index (Phi) is 7.11. The van der Waals surface area contributed by atoms with E-state index in [9.17, 15) is 8.42 Å². The number of guanidine groups is 1. The van der Waals surface area contributed by atoms with Crippen molar-refractivity contribution in [2.45, 2.75) is 37.2 Å². The lowest BCUT2D eigenvalue weighted by Crippen LogP contribution is -2.38. The van der Waals surface area contributed by atoms with Crippen molar-refractivity contribution >= 4 is 16.0 Å². The van der Waals surface area contributed by atoms with Gasteiger partial charge in [-0.15, -0.1) is 0 Å². The van der Waals surface area contributed by atoms with Crippen molar-refractivity contribution in [3.05, 3.63) is 59.7 Å². The molecule has 3 rings (SSSR count). The van der Waals surface area contributed by atoms with E-state index in [4.69, 9.17) is 4.74 Å². The van der Waals surface area contributed by atoms with Crippen LogP contribution in [0, 0.1) is 6.92 Å². The third kappa shape index (κ3) is 6.76. The van der Waals surface area contributed by atoms with Crippen molar-refractivity contribution in [2.75, 3.05) is 20.2 Å². The molecule has 156 valence electrons. The number of rotatable bonds is 9. The molecule has 1 aliphatic carbocycles. The van der Waals surface area contributed by atoms with Crippen LogP contribution in [0.4, 0.5) is 0 Å². The van der Waals surface area contributed by atoms with Crippen molar-refractivity contribution < 1.29 is 13.2 Å². The number of hydrogen-bond acceptors (Lipinski definition) is 4. The van der Waals surface area contributed by atoms with Gasteiger partial charge in [0.05, 0.1) is 11.4 Å². The molecule has 0 heterocycles. The molecule has 0 spiro atoms. The van der Waals surface area contributed by atoms with Gasteiger partial charge in [0.1, 0.15) is 12.4 Å². The summed E-state index contributed by atoms with van der Waals surface area (Å²) in [5, 5.41) is 6.40. The van der Waals surface area contributed by atoms with Gasteiger partial charge in [-0.25, -0.2) is 13.1 Å². The van der Waals surface area contributed by atoms with Crippen LogP contribution in [0.5, 0.6) is 5.75 Å². The lowest BCUT2D eigenvalue weighted by atomic mass is 10.2. The fraction of sp³-hybridized carbons (Fsp3) is 0.381. The highest BCUT2D eigenvalue weighted by Gasteiger charge is 2.27. The smallest absolute Gasteiger partial charge is 0.240 e. The Hall–Kier alpha value is -2.58. The fourth-order valence-corrected chi connectivity index (χ4v) is 3.96. The van der Waals surface area contributed by atoms with Crippen LogP contribution >= 0.6 is 0 Å². The van der Waals surface area contributed by atoms with E-state index >= 15 is 0 Å². The van der Waals surface area contributed by atoms with E-state index in [0.29, 0.717) is 30.6 Å². The van der Waals surface area contributed by atoms with E-state index in [-0.39, 0.29) is 6.04 Å². The van der Waals surface area contributed by atoms with E-state index in [1.807, 2.05) is 43.3 Å². The summed E-state index contributed by atoms with van der Waals surface area (Å²) in [5.41, 5.74) is 2.17. The number of benzene rings is 2. The van der Waals surface area contributed by atoms with E-state index in [0.717, 1.165) is 24.2 Å². The SMILES string of the molecule is CN=C(NCCOc1ccc(C)cc1)NCc1ccc(S(=O)(=O)NC2CC2)cc1. The molecule has 0 aromatic heterocycles. The summed E-state index contributed by atoms with van der Waals surface area (Å²) in [7, 11) is -1.71. The monoisotopic (exact) mass is 416 g/mol. The minimum atomic E-state index is -3.41. The summed E-state index contributed by atoms with van der Waals surface area (Å²) in [6.45, 7) is 3.70. The second-order valence-corrected chi connectivity index (χ2v) is 8.77. The normalized spacial score (nSPS) is 14.5. The van der Waals surface area contributed by atoms with Gasteiger partial charge in [0, 0.05) is 19.6 Å². The summed E-state index contributed by atoms with van der Waals surface area (Å²) in [4.78, 5) is 4.48. The molecule has 0 radical (unpaired) electrons. The molecule has 0 unspecified atom stereocenters. The van der Waals surface area contributed by atoms with E-state index in [2.05, 4.69) is 20.3 Å². The molecule has 8 heteroatoms. The van der Waals surface area contributed by atoms with Crippen molar-refractivity contribution in [2.24, 2.45) is 4.99 Å². The van der Waals surface area contributed by atoms with Gasteiger partial charge in [-0.3, -0.25) is 4.99 Å². The lowest BCUT2D eigenvalue weighted by molar-refractivity contribution is 0.322. The van der Waals surface area contributed by atoms with E-state index in [1.165, 1.54) is 5.56 Å². The van der Waals surface area contributed by atoms with Gasteiger partial charge in [-0.05, 0) is 49.6 Å². The van der Waals surface area contributed by atoms with Crippen LogP contribution < -0.4 is 20.1 Å². The van der Waals surface area contributed by atoms with Crippen LogP contribution in [-0.2, 0) is 16.6 Å². The molecule has 7 nitrogen and oxygen atoms in total. The third-order valence-corrected chi connectivity index (χ3v) is 6.04. The van der Waals surface area contributed by atoms with Gasteiger partial charge in [0.2, 0.25) is 10.0 Å². The quantitative estimate of drug-likeness (QED) is 0.331. The van der Waals surface area contributed by atoms with Crippen LogP contribution in [0.15, 0.2) is 58.4 Å². The Labute approximate surface area is 172 Å². The molecular formula is C21H28N4O3S. The second-order valence-electron chi connectivity index (χ2n) is 7.05. The molecule has 1 aliphatic rings. The summed E-state index contributed by atoms with van der Waals surface area (Å²) >= 11 is 0. The van der Waals surface area contributed by atoms with Crippen LogP contribution in [0.1, 0.15) is 24.0 Å². The molecule has 0 amide bonds. The van der Waals surface area contributed by atoms with Crippen molar-refractivity contribution in [1.82, 2.24) is 15.4 Å². The molecule has 0 aliphatic heterocycles. The fourth-order valence-electron chi connectivity index (χ4n) is 2.65. The largest absolute Gasteiger partial charge is 0.492 e. The van der Waals surface area contributed by atoms with Crippen molar-refractivity contribution in [1.29, 1.82) is 0 Å². The predicted molar refractivity (Wildman–Crippen MR) is 115 cm³/mol. The van der Waals surface area contributed by atoms with Crippen LogP contribution in [0.25, 0.3) is 0 Å².